The molecule has 7 heteroatoms. The minimum absolute atomic E-state index is 0.111. The summed E-state index contributed by atoms with van der Waals surface area (Å²) in [5.41, 5.74) is 3.36. The fourth-order valence-electron chi connectivity index (χ4n) is 4.12. The maximum absolute atomic E-state index is 13.3. The molecule has 1 aliphatic heterocycles. The first-order valence-corrected chi connectivity index (χ1v) is 10.7. The molecular formula is C24H27N5O2. The Morgan fingerprint density at radius 3 is 2.65 bits per heavy atom. The van der Waals surface area contributed by atoms with Crippen molar-refractivity contribution in [1.29, 1.82) is 0 Å². The van der Waals surface area contributed by atoms with E-state index in [4.69, 9.17) is 0 Å². The van der Waals surface area contributed by atoms with E-state index in [1.54, 1.807) is 4.90 Å². The normalized spacial score (nSPS) is 16.9. The zero-order valence-corrected chi connectivity index (χ0v) is 17.7. The standard InChI is InChI=1S/C24H27N5O2/c1-2-11-28-12-13-29(24(31)22-25-17-26-27-22)16-21(23(28)30)15-18-7-6-10-20(14-18)19-8-4-3-5-9-19/h3-10,14,17,21H,2,11-13,15-16H2,1H3,(H,25,26,27)/t21-/m1/s1. The minimum Gasteiger partial charge on any atom is -0.341 e. The number of amides is 2. The topological polar surface area (TPSA) is 82.2 Å². The molecule has 0 aliphatic carbocycles. The van der Waals surface area contributed by atoms with E-state index in [9.17, 15) is 9.59 Å². The molecule has 1 aliphatic rings. The van der Waals surface area contributed by atoms with Crippen LogP contribution in [0.2, 0.25) is 0 Å². The Morgan fingerprint density at radius 1 is 1.10 bits per heavy atom. The number of nitrogens with zero attached hydrogens (tertiary/aromatic N) is 4. The highest BCUT2D eigenvalue weighted by molar-refractivity contribution is 5.91. The van der Waals surface area contributed by atoms with Crippen LogP contribution in [0.4, 0.5) is 0 Å². The molecule has 31 heavy (non-hydrogen) atoms. The lowest BCUT2D eigenvalue weighted by Gasteiger charge is -2.23. The lowest BCUT2D eigenvalue weighted by atomic mass is 9.94. The van der Waals surface area contributed by atoms with Gasteiger partial charge in [-0.1, -0.05) is 61.5 Å². The second kappa shape index (κ2) is 9.55. The molecule has 1 saturated heterocycles. The first-order chi connectivity index (χ1) is 15.2. The molecule has 0 unspecified atom stereocenters. The van der Waals surface area contributed by atoms with Crippen molar-refractivity contribution < 1.29 is 9.59 Å². The minimum atomic E-state index is -0.299. The van der Waals surface area contributed by atoms with Crippen LogP contribution in [-0.2, 0) is 11.2 Å². The third kappa shape index (κ3) is 4.82. The Balaban J connectivity index is 1.58. The average Bonchev–Trinajstić information content (AvgIpc) is 3.30. The fraction of sp³-hybridized carbons (Fsp3) is 0.333. The van der Waals surface area contributed by atoms with E-state index in [0.29, 0.717) is 32.6 Å². The van der Waals surface area contributed by atoms with Crippen molar-refractivity contribution >= 4 is 11.8 Å². The highest BCUT2D eigenvalue weighted by atomic mass is 16.2. The monoisotopic (exact) mass is 417 g/mol. The van der Waals surface area contributed by atoms with Crippen LogP contribution in [0.1, 0.15) is 29.5 Å². The molecule has 7 nitrogen and oxygen atoms in total. The summed E-state index contributed by atoms with van der Waals surface area (Å²) in [5, 5.41) is 6.43. The van der Waals surface area contributed by atoms with E-state index < -0.39 is 0 Å². The first-order valence-electron chi connectivity index (χ1n) is 10.7. The van der Waals surface area contributed by atoms with E-state index in [1.807, 2.05) is 29.2 Å². The second-order valence-corrected chi connectivity index (χ2v) is 7.88. The number of aromatic nitrogens is 3. The van der Waals surface area contributed by atoms with Crippen LogP contribution in [0.15, 0.2) is 60.9 Å². The first kappa shape index (κ1) is 20.8. The molecule has 2 aromatic carbocycles. The third-order valence-electron chi connectivity index (χ3n) is 5.66. The largest absolute Gasteiger partial charge is 0.341 e. The highest BCUT2D eigenvalue weighted by Gasteiger charge is 2.33. The molecule has 2 amide bonds. The lowest BCUT2D eigenvalue weighted by molar-refractivity contribution is -0.134. The number of aromatic amines is 1. The number of hydrogen-bond acceptors (Lipinski definition) is 4. The van der Waals surface area contributed by atoms with Gasteiger partial charge >= 0.3 is 0 Å². The molecule has 1 atom stereocenters. The summed E-state index contributed by atoms with van der Waals surface area (Å²) in [5.74, 6) is -0.195. The molecule has 4 rings (SSSR count). The van der Waals surface area contributed by atoms with Crippen LogP contribution >= 0.6 is 0 Å². The van der Waals surface area contributed by atoms with Gasteiger partial charge in [-0.25, -0.2) is 4.98 Å². The van der Waals surface area contributed by atoms with Gasteiger partial charge in [0.25, 0.3) is 5.91 Å². The van der Waals surface area contributed by atoms with Gasteiger partial charge in [0, 0.05) is 26.2 Å². The Labute approximate surface area is 182 Å². The SMILES string of the molecule is CCCN1CCN(C(=O)c2ncn[nH]2)C[C@@H](Cc2cccc(-c3ccccc3)c2)C1=O. The van der Waals surface area contributed by atoms with Crippen LogP contribution in [0, 0.1) is 5.92 Å². The number of carbonyl (C=O) groups excluding carboxylic acids is 2. The average molecular weight is 418 g/mol. The predicted molar refractivity (Wildman–Crippen MR) is 118 cm³/mol. The summed E-state index contributed by atoms with van der Waals surface area (Å²) in [4.78, 5) is 33.8. The molecule has 160 valence electrons. The van der Waals surface area contributed by atoms with E-state index in [2.05, 4.69) is 52.4 Å². The number of nitrogens with one attached hydrogen (secondary N) is 1. The second-order valence-electron chi connectivity index (χ2n) is 7.88. The summed E-state index contributed by atoms with van der Waals surface area (Å²) >= 11 is 0. The number of H-pyrrole nitrogens is 1. The van der Waals surface area contributed by atoms with Gasteiger partial charge in [-0.05, 0) is 29.5 Å². The van der Waals surface area contributed by atoms with Crippen molar-refractivity contribution in [2.24, 2.45) is 5.92 Å². The van der Waals surface area contributed by atoms with Crippen LogP contribution in [0.5, 0.6) is 0 Å². The molecule has 1 fully saturated rings. The van der Waals surface area contributed by atoms with Crippen molar-refractivity contribution in [1.82, 2.24) is 25.0 Å². The Bertz CT molecular complexity index is 1020. The van der Waals surface area contributed by atoms with E-state index >= 15 is 0 Å². The maximum atomic E-state index is 13.3. The smallest absolute Gasteiger partial charge is 0.291 e. The van der Waals surface area contributed by atoms with Crippen molar-refractivity contribution in [3.8, 4) is 11.1 Å². The molecule has 0 saturated carbocycles. The van der Waals surface area contributed by atoms with Crippen LogP contribution < -0.4 is 0 Å². The molecule has 1 N–H and O–H groups in total. The van der Waals surface area contributed by atoms with Crippen molar-refractivity contribution in [2.75, 3.05) is 26.2 Å². The summed E-state index contributed by atoms with van der Waals surface area (Å²) in [7, 11) is 0. The Morgan fingerprint density at radius 2 is 1.90 bits per heavy atom. The number of carbonyl (C=O) groups is 2. The van der Waals surface area contributed by atoms with Crippen molar-refractivity contribution in [3.63, 3.8) is 0 Å². The van der Waals surface area contributed by atoms with Crippen molar-refractivity contribution in [3.05, 3.63) is 72.3 Å². The molecular weight excluding hydrogens is 390 g/mol. The van der Waals surface area contributed by atoms with E-state index in [0.717, 1.165) is 23.1 Å². The third-order valence-corrected chi connectivity index (χ3v) is 5.66. The molecule has 1 aromatic heterocycles. The summed E-state index contributed by atoms with van der Waals surface area (Å²) < 4.78 is 0. The van der Waals surface area contributed by atoms with Crippen LogP contribution in [-0.4, -0.2) is 63.0 Å². The maximum Gasteiger partial charge on any atom is 0.291 e. The molecule has 2 heterocycles. The van der Waals surface area contributed by atoms with E-state index in [-0.39, 0.29) is 23.6 Å². The Hall–Kier alpha value is -3.48. The zero-order valence-electron chi connectivity index (χ0n) is 17.7. The van der Waals surface area contributed by atoms with Gasteiger partial charge in [0.05, 0.1) is 5.92 Å². The number of rotatable bonds is 6. The molecule has 3 aromatic rings. The molecule has 0 spiro atoms. The summed E-state index contributed by atoms with van der Waals surface area (Å²) in [6.45, 7) is 4.16. The summed E-state index contributed by atoms with van der Waals surface area (Å²) in [6, 6.07) is 18.5. The molecule has 0 radical (unpaired) electrons. The van der Waals surface area contributed by atoms with Crippen LogP contribution in [0.3, 0.4) is 0 Å². The quantitative estimate of drug-likeness (QED) is 0.668. The van der Waals surface area contributed by atoms with Gasteiger partial charge in [-0.15, -0.1) is 0 Å². The van der Waals surface area contributed by atoms with E-state index in [1.165, 1.54) is 6.33 Å². The van der Waals surface area contributed by atoms with Gasteiger partial charge in [0.2, 0.25) is 11.7 Å². The van der Waals surface area contributed by atoms with Gasteiger partial charge in [0.1, 0.15) is 6.33 Å². The summed E-state index contributed by atoms with van der Waals surface area (Å²) in [6.07, 6.45) is 2.80. The van der Waals surface area contributed by atoms with Gasteiger partial charge in [-0.2, -0.15) is 5.10 Å². The lowest BCUT2D eigenvalue weighted by Crippen LogP contribution is -2.38. The molecule has 0 bridgehead atoms. The predicted octanol–water partition coefficient (Wildman–Crippen LogP) is 3.03. The number of hydrogen-bond donors (Lipinski definition) is 1. The van der Waals surface area contributed by atoms with Gasteiger partial charge in [-0.3, -0.25) is 14.7 Å². The highest BCUT2D eigenvalue weighted by Crippen LogP contribution is 2.23. The van der Waals surface area contributed by atoms with Gasteiger partial charge < -0.3 is 9.80 Å². The van der Waals surface area contributed by atoms with Crippen molar-refractivity contribution in [2.45, 2.75) is 19.8 Å². The zero-order chi connectivity index (χ0) is 21.6. The van der Waals surface area contributed by atoms with Crippen LogP contribution in [0.25, 0.3) is 11.1 Å². The fourth-order valence-corrected chi connectivity index (χ4v) is 4.12. The van der Waals surface area contributed by atoms with Gasteiger partial charge in [0.15, 0.2) is 0 Å². The number of benzene rings is 2. The Kier molecular flexibility index (Phi) is 6.40.